The molecule has 0 unspecified atom stereocenters. The highest BCUT2D eigenvalue weighted by Gasteiger charge is 2.21. The predicted molar refractivity (Wildman–Crippen MR) is 115 cm³/mol. The average Bonchev–Trinajstić information content (AvgIpc) is 3.18. The molecule has 1 aromatic heterocycles. The summed E-state index contributed by atoms with van der Waals surface area (Å²) < 4.78 is 2.15. The molecular formula is C21H20N4O4S. The number of nitrogens with zero attached hydrogens (tertiary/aromatic N) is 4. The monoisotopic (exact) mass is 424 g/mol. The van der Waals surface area contributed by atoms with Crippen LogP contribution >= 0.6 is 11.3 Å². The number of nitro benzene ring substituents is 2. The van der Waals surface area contributed by atoms with E-state index in [1.807, 2.05) is 5.38 Å². The molecule has 4 rings (SSSR count). The molecule has 0 atom stereocenters. The number of nitro groups is 2. The number of aromatic nitrogens is 1. The van der Waals surface area contributed by atoms with E-state index in [2.05, 4.69) is 9.56 Å². The molecule has 0 aliphatic heterocycles. The second-order valence-electron chi connectivity index (χ2n) is 7.23. The molecule has 1 heterocycles. The number of hydrogen-bond acceptors (Lipinski definition) is 6. The minimum atomic E-state index is -0.422. The Balaban J connectivity index is 1.86. The number of hydrogen-bond donors (Lipinski definition) is 0. The normalized spacial score (nSPS) is 15.3. The van der Waals surface area contributed by atoms with Crippen molar-refractivity contribution in [3.8, 4) is 11.3 Å². The van der Waals surface area contributed by atoms with Gasteiger partial charge in [0, 0.05) is 29.6 Å². The van der Waals surface area contributed by atoms with Crippen LogP contribution in [0.1, 0.15) is 38.1 Å². The lowest BCUT2D eigenvalue weighted by molar-refractivity contribution is -0.384. The maximum Gasteiger partial charge on any atom is 0.294 e. The predicted octanol–water partition coefficient (Wildman–Crippen LogP) is 5.77. The molecule has 0 bridgehead atoms. The van der Waals surface area contributed by atoms with E-state index in [1.165, 1.54) is 36.0 Å². The Kier molecular flexibility index (Phi) is 5.71. The lowest BCUT2D eigenvalue weighted by Gasteiger charge is -2.25. The van der Waals surface area contributed by atoms with Crippen LogP contribution in [0.3, 0.4) is 0 Å². The number of thiazole rings is 1. The van der Waals surface area contributed by atoms with Crippen LogP contribution < -0.4 is 4.80 Å². The van der Waals surface area contributed by atoms with Gasteiger partial charge in [-0.25, -0.2) is 4.99 Å². The van der Waals surface area contributed by atoms with Gasteiger partial charge in [0.1, 0.15) is 5.69 Å². The summed E-state index contributed by atoms with van der Waals surface area (Å²) in [4.78, 5) is 26.9. The minimum Gasteiger partial charge on any atom is -0.313 e. The van der Waals surface area contributed by atoms with Crippen LogP contribution in [0, 0.1) is 20.2 Å². The first-order chi connectivity index (χ1) is 14.5. The maximum absolute atomic E-state index is 11.4. The van der Waals surface area contributed by atoms with E-state index in [4.69, 9.17) is 0 Å². The van der Waals surface area contributed by atoms with Crippen molar-refractivity contribution >= 4 is 28.4 Å². The van der Waals surface area contributed by atoms with Gasteiger partial charge in [0.15, 0.2) is 4.80 Å². The average molecular weight is 424 g/mol. The van der Waals surface area contributed by atoms with E-state index in [-0.39, 0.29) is 17.4 Å². The molecule has 8 nitrogen and oxygen atoms in total. The summed E-state index contributed by atoms with van der Waals surface area (Å²) in [6, 6.07) is 13.2. The van der Waals surface area contributed by atoms with Gasteiger partial charge in [-0.15, -0.1) is 11.3 Å². The minimum absolute atomic E-state index is 0.0296. The van der Waals surface area contributed by atoms with E-state index in [0.29, 0.717) is 10.5 Å². The summed E-state index contributed by atoms with van der Waals surface area (Å²) in [7, 11) is 0. The van der Waals surface area contributed by atoms with Crippen LogP contribution in [0.25, 0.3) is 11.3 Å². The summed E-state index contributed by atoms with van der Waals surface area (Å²) in [5.41, 5.74) is 2.13. The molecule has 3 aromatic rings. The Bertz CT molecular complexity index is 1140. The van der Waals surface area contributed by atoms with Crippen molar-refractivity contribution in [2.24, 2.45) is 4.99 Å². The SMILES string of the molecule is O=[N+]([O-])c1ccc(-c2csc(=Nc3ccccc3[N+](=O)[O-])n2C2CCCCC2)cc1. The Labute approximate surface area is 176 Å². The molecule has 30 heavy (non-hydrogen) atoms. The van der Waals surface area contributed by atoms with Crippen LogP contribution in [0.4, 0.5) is 17.1 Å². The zero-order chi connectivity index (χ0) is 21.1. The molecular weight excluding hydrogens is 404 g/mol. The summed E-state index contributed by atoms with van der Waals surface area (Å²) >= 11 is 1.43. The molecule has 2 aromatic carbocycles. The molecule has 9 heteroatoms. The molecule has 0 N–H and O–H groups in total. The second-order valence-corrected chi connectivity index (χ2v) is 8.06. The van der Waals surface area contributed by atoms with Crippen LogP contribution in [0.15, 0.2) is 58.9 Å². The van der Waals surface area contributed by atoms with E-state index >= 15 is 0 Å². The summed E-state index contributed by atoms with van der Waals surface area (Å²) in [6.07, 6.45) is 5.47. The maximum atomic E-state index is 11.4. The smallest absolute Gasteiger partial charge is 0.294 e. The van der Waals surface area contributed by atoms with Gasteiger partial charge < -0.3 is 4.57 Å². The third-order valence-corrected chi connectivity index (χ3v) is 6.19. The zero-order valence-electron chi connectivity index (χ0n) is 16.1. The number of non-ortho nitro benzene ring substituents is 1. The van der Waals surface area contributed by atoms with Gasteiger partial charge in [-0.3, -0.25) is 20.2 Å². The summed E-state index contributed by atoms with van der Waals surface area (Å²) in [6.45, 7) is 0. The number of rotatable bonds is 5. The highest BCUT2D eigenvalue weighted by molar-refractivity contribution is 7.07. The van der Waals surface area contributed by atoms with Gasteiger partial charge in [0.05, 0.1) is 15.5 Å². The summed E-state index contributed by atoms with van der Waals surface area (Å²) in [5, 5.41) is 24.4. The van der Waals surface area contributed by atoms with Crippen LogP contribution in [-0.4, -0.2) is 14.4 Å². The molecule has 1 aliphatic rings. The van der Waals surface area contributed by atoms with Crippen LogP contribution in [0.2, 0.25) is 0 Å². The molecule has 0 saturated heterocycles. The number of benzene rings is 2. The van der Waals surface area contributed by atoms with Crippen molar-refractivity contribution in [1.82, 2.24) is 4.57 Å². The molecule has 1 fully saturated rings. The van der Waals surface area contributed by atoms with Crippen molar-refractivity contribution < 1.29 is 9.85 Å². The van der Waals surface area contributed by atoms with E-state index in [9.17, 15) is 20.2 Å². The second kappa shape index (κ2) is 8.58. The Morgan fingerprint density at radius 1 is 0.933 bits per heavy atom. The highest BCUT2D eigenvalue weighted by Crippen LogP contribution is 2.33. The quantitative estimate of drug-likeness (QED) is 0.383. The molecule has 1 saturated carbocycles. The van der Waals surface area contributed by atoms with Gasteiger partial charge >= 0.3 is 0 Å². The molecule has 0 amide bonds. The van der Waals surface area contributed by atoms with Crippen LogP contribution in [0.5, 0.6) is 0 Å². The fraction of sp³-hybridized carbons (Fsp3) is 0.286. The van der Waals surface area contributed by atoms with Crippen molar-refractivity contribution in [3.63, 3.8) is 0 Å². The largest absolute Gasteiger partial charge is 0.313 e. The van der Waals surface area contributed by atoms with E-state index in [1.54, 1.807) is 30.3 Å². The van der Waals surface area contributed by atoms with Crippen molar-refractivity contribution in [2.45, 2.75) is 38.1 Å². The van der Waals surface area contributed by atoms with Crippen LogP contribution in [-0.2, 0) is 0 Å². The third kappa shape index (κ3) is 4.02. The molecule has 0 radical (unpaired) electrons. The van der Waals surface area contributed by atoms with Gasteiger partial charge in [0.2, 0.25) is 0 Å². The first-order valence-corrected chi connectivity index (χ1v) is 10.7. The van der Waals surface area contributed by atoms with Gasteiger partial charge in [0.25, 0.3) is 11.4 Å². The van der Waals surface area contributed by atoms with Gasteiger partial charge in [-0.1, -0.05) is 31.4 Å². The van der Waals surface area contributed by atoms with E-state index < -0.39 is 9.85 Å². The van der Waals surface area contributed by atoms with Crippen molar-refractivity contribution in [3.05, 3.63) is 78.9 Å². The topological polar surface area (TPSA) is 104 Å². The van der Waals surface area contributed by atoms with Crippen molar-refractivity contribution in [1.29, 1.82) is 0 Å². The van der Waals surface area contributed by atoms with Crippen molar-refractivity contribution in [2.75, 3.05) is 0 Å². The first-order valence-electron chi connectivity index (χ1n) is 9.77. The zero-order valence-corrected chi connectivity index (χ0v) is 17.0. The lowest BCUT2D eigenvalue weighted by atomic mass is 9.95. The standard InChI is InChI=1S/C21H20N4O4S/c26-24(27)17-12-10-15(11-13-17)20-14-30-21(23(20)16-6-2-1-3-7-16)22-18-8-4-5-9-19(18)25(28)29/h4-5,8-14,16H,1-3,6-7H2. The Morgan fingerprint density at radius 3 is 2.30 bits per heavy atom. The lowest BCUT2D eigenvalue weighted by Crippen LogP contribution is -2.23. The molecule has 1 aliphatic carbocycles. The third-order valence-electron chi connectivity index (χ3n) is 5.35. The fourth-order valence-corrected chi connectivity index (χ4v) is 4.85. The summed E-state index contributed by atoms with van der Waals surface area (Å²) in [5.74, 6) is 0. The number of para-hydroxylation sites is 2. The Morgan fingerprint density at radius 2 is 1.63 bits per heavy atom. The first kappa shape index (κ1) is 20.0. The van der Waals surface area contributed by atoms with Gasteiger partial charge in [-0.05, 0) is 36.6 Å². The molecule has 154 valence electrons. The van der Waals surface area contributed by atoms with Gasteiger partial charge in [-0.2, -0.15) is 0 Å². The fourth-order valence-electron chi connectivity index (χ4n) is 3.87. The molecule has 0 spiro atoms. The van der Waals surface area contributed by atoms with E-state index in [0.717, 1.165) is 36.9 Å². The highest BCUT2D eigenvalue weighted by atomic mass is 32.1. The Hall–Kier alpha value is -3.33.